The third-order valence-electron chi connectivity index (χ3n) is 3.45. The van der Waals surface area contributed by atoms with Crippen LogP contribution in [0.5, 0.6) is 0 Å². The molecular formula is C17H15ClO2S2. The molecule has 5 heteroatoms. The zero-order valence-electron chi connectivity index (χ0n) is 12.3. The van der Waals surface area contributed by atoms with Crippen LogP contribution in [0.1, 0.15) is 25.3 Å². The lowest BCUT2D eigenvalue weighted by Gasteiger charge is -2.20. The van der Waals surface area contributed by atoms with Gasteiger partial charge in [-0.3, -0.25) is 4.79 Å². The minimum atomic E-state index is -0.253. The zero-order valence-corrected chi connectivity index (χ0v) is 14.6. The molecule has 1 aliphatic heterocycles. The Morgan fingerprint density at radius 1 is 1.09 bits per heavy atom. The van der Waals surface area contributed by atoms with E-state index >= 15 is 0 Å². The van der Waals surface area contributed by atoms with Gasteiger partial charge in [-0.05, 0) is 49.7 Å². The fourth-order valence-corrected chi connectivity index (χ4v) is 4.76. The van der Waals surface area contributed by atoms with E-state index in [0.29, 0.717) is 6.61 Å². The molecule has 22 heavy (non-hydrogen) atoms. The highest BCUT2D eigenvalue weighted by molar-refractivity contribution is 8.05. The molecule has 0 fully saturated rings. The van der Waals surface area contributed by atoms with Crippen molar-refractivity contribution in [1.29, 1.82) is 0 Å². The summed E-state index contributed by atoms with van der Waals surface area (Å²) in [6.07, 6.45) is 0. The van der Waals surface area contributed by atoms with Crippen LogP contribution < -0.4 is 0 Å². The number of halogens is 1. The van der Waals surface area contributed by atoms with Crippen molar-refractivity contribution in [3.8, 4) is 0 Å². The van der Waals surface area contributed by atoms with Gasteiger partial charge in [0.05, 0.1) is 12.5 Å². The van der Waals surface area contributed by atoms with E-state index in [0.717, 1.165) is 20.4 Å². The standard InChI is InChI=1S/C17H15ClO2S2/c1-3-20-17(19)10(2)11-4-6-13-15(8-11)22-16-9-12(18)5-7-14(16)21-13/h4-10H,3H2,1-2H3. The maximum Gasteiger partial charge on any atom is 0.313 e. The van der Waals surface area contributed by atoms with E-state index < -0.39 is 0 Å². The van der Waals surface area contributed by atoms with Crippen molar-refractivity contribution < 1.29 is 9.53 Å². The minimum Gasteiger partial charge on any atom is -0.466 e. The minimum absolute atomic E-state index is 0.181. The van der Waals surface area contributed by atoms with Crippen LogP contribution >= 0.6 is 35.1 Å². The van der Waals surface area contributed by atoms with Gasteiger partial charge in [0.25, 0.3) is 0 Å². The van der Waals surface area contributed by atoms with Crippen LogP contribution in [0.15, 0.2) is 56.0 Å². The topological polar surface area (TPSA) is 26.3 Å². The summed E-state index contributed by atoms with van der Waals surface area (Å²) in [7, 11) is 0. The molecule has 0 saturated carbocycles. The number of hydrogen-bond donors (Lipinski definition) is 0. The number of rotatable bonds is 3. The van der Waals surface area contributed by atoms with E-state index in [-0.39, 0.29) is 11.9 Å². The van der Waals surface area contributed by atoms with Crippen molar-refractivity contribution >= 4 is 41.1 Å². The van der Waals surface area contributed by atoms with E-state index in [1.165, 1.54) is 9.79 Å². The normalized spacial score (nSPS) is 14.0. The molecule has 114 valence electrons. The maximum absolute atomic E-state index is 11.9. The molecule has 0 aromatic heterocycles. The zero-order chi connectivity index (χ0) is 15.7. The predicted octanol–water partition coefficient (Wildman–Crippen LogP) is 5.62. The molecule has 1 heterocycles. The quantitative estimate of drug-likeness (QED) is 0.572. The molecule has 2 nitrogen and oxygen atoms in total. The van der Waals surface area contributed by atoms with Crippen molar-refractivity contribution in [3.05, 3.63) is 47.0 Å². The molecule has 0 saturated heterocycles. The van der Waals surface area contributed by atoms with Crippen molar-refractivity contribution in [2.24, 2.45) is 0 Å². The largest absolute Gasteiger partial charge is 0.466 e. The van der Waals surface area contributed by atoms with E-state index in [2.05, 4.69) is 12.1 Å². The Kier molecular flexibility index (Phi) is 4.71. The van der Waals surface area contributed by atoms with Crippen LogP contribution in [0.3, 0.4) is 0 Å². The van der Waals surface area contributed by atoms with Crippen molar-refractivity contribution in [1.82, 2.24) is 0 Å². The monoisotopic (exact) mass is 350 g/mol. The maximum atomic E-state index is 11.9. The molecule has 3 rings (SSSR count). The Morgan fingerprint density at radius 2 is 1.73 bits per heavy atom. The second kappa shape index (κ2) is 6.57. The van der Waals surface area contributed by atoms with Gasteiger partial charge in [0.1, 0.15) is 0 Å². The average molecular weight is 351 g/mol. The number of ether oxygens (including phenoxy) is 1. The Hall–Kier alpha value is -1.10. The number of carbonyl (C=O) groups is 1. The van der Waals surface area contributed by atoms with E-state index in [1.54, 1.807) is 23.5 Å². The van der Waals surface area contributed by atoms with Gasteiger partial charge in [0, 0.05) is 24.6 Å². The molecule has 1 unspecified atom stereocenters. The van der Waals surface area contributed by atoms with Gasteiger partial charge < -0.3 is 4.74 Å². The van der Waals surface area contributed by atoms with Crippen molar-refractivity contribution in [3.63, 3.8) is 0 Å². The summed E-state index contributed by atoms with van der Waals surface area (Å²) in [5.74, 6) is -0.434. The first kappa shape index (κ1) is 15.8. The van der Waals surface area contributed by atoms with Crippen LogP contribution in [0.25, 0.3) is 0 Å². The van der Waals surface area contributed by atoms with Gasteiger partial charge in [0.2, 0.25) is 0 Å². The van der Waals surface area contributed by atoms with Crippen molar-refractivity contribution in [2.45, 2.75) is 39.3 Å². The second-order valence-electron chi connectivity index (χ2n) is 4.98. The van der Waals surface area contributed by atoms with Gasteiger partial charge in [-0.2, -0.15) is 0 Å². The molecule has 0 radical (unpaired) electrons. The van der Waals surface area contributed by atoms with Crippen LogP contribution in [0.2, 0.25) is 5.02 Å². The number of fused-ring (bicyclic) bond motifs is 2. The van der Waals surface area contributed by atoms with Crippen LogP contribution in [0.4, 0.5) is 0 Å². The highest BCUT2D eigenvalue weighted by Crippen LogP contribution is 2.49. The lowest BCUT2D eigenvalue weighted by atomic mass is 10.0. The Bertz CT molecular complexity index is 731. The first-order chi connectivity index (χ1) is 10.6. The first-order valence-corrected chi connectivity index (χ1v) is 9.05. The summed E-state index contributed by atoms with van der Waals surface area (Å²) in [5, 5.41) is 0.742. The molecule has 2 aromatic carbocycles. The summed E-state index contributed by atoms with van der Waals surface area (Å²) in [6, 6.07) is 12.1. The highest BCUT2D eigenvalue weighted by Gasteiger charge is 2.21. The first-order valence-electron chi connectivity index (χ1n) is 7.04. The van der Waals surface area contributed by atoms with Gasteiger partial charge in [0.15, 0.2) is 0 Å². The SMILES string of the molecule is CCOC(=O)C(C)c1ccc2c(c1)Sc1cc(Cl)ccc1S2. The summed E-state index contributed by atoms with van der Waals surface area (Å²) < 4.78 is 5.11. The summed E-state index contributed by atoms with van der Waals surface area (Å²) in [5.41, 5.74) is 0.982. The summed E-state index contributed by atoms with van der Waals surface area (Å²) in [6.45, 7) is 4.11. The summed E-state index contributed by atoms with van der Waals surface area (Å²) in [4.78, 5) is 16.6. The lowest BCUT2D eigenvalue weighted by Crippen LogP contribution is -2.13. The Labute approximate surface area is 143 Å². The molecule has 1 atom stereocenters. The number of benzene rings is 2. The predicted molar refractivity (Wildman–Crippen MR) is 91.2 cm³/mol. The molecular weight excluding hydrogens is 336 g/mol. The highest BCUT2D eigenvalue weighted by atomic mass is 35.5. The van der Waals surface area contributed by atoms with Gasteiger partial charge >= 0.3 is 5.97 Å². The molecule has 0 N–H and O–H groups in total. The molecule has 0 aliphatic carbocycles. The molecule has 2 aromatic rings. The van der Waals surface area contributed by atoms with E-state index in [4.69, 9.17) is 16.3 Å². The number of hydrogen-bond acceptors (Lipinski definition) is 4. The van der Waals surface area contributed by atoms with Gasteiger partial charge in [-0.15, -0.1) is 0 Å². The fourth-order valence-electron chi connectivity index (χ4n) is 2.24. The Morgan fingerprint density at radius 3 is 2.45 bits per heavy atom. The third kappa shape index (κ3) is 3.14. The van der Waals surface area contributed by atoms with Crippen molar-refractivity contribution in [2.75, 3.05) is 6.61 Å². The lowest BCUT2D eigenvalue weighted by molar-refractivity contribution is -0.144. The second-order valence-corrected chi connectivity index (χ2v) is 7.58. The average Bonchev–Trinajstić information content (AvgIpc) is 2.52. The van der Waals surface area contributed by atoms with Gasteiger partial charge in [-0.1, -0.05) is 41.2 Å². The van der Waals surface area contributed by atoms with Crippen LogP contribution in [-0.4, -0.2) is 12.6 Å². The molecule has 0 amide bonds. The molecule has 1 aliphatic rings. The third-order valence-corrected chi connectivity index (χ3v) is 6.21. The molecule has 0 spiro atoms. The van der Waals surface area contributed by atoms with Crippen LogP contribution in [0, 0.1) is 0 Å². The Balaban J connectivity index is 1.89. The number of carbonyl (C=O) groups excluding carboxylic acids is 1. The number of esters is 1. The van der Waals surface area contributed by atoms with Gasteiger partial charge in [-0.25, -0.2) is 0 Å². The van der Waals surface area contributed by atoms with Crippen LogP contribution in [-0.2, 0) is 9.53 Å². The summed E-state index contributed by atoms with van der Waals surface area (Å²) >= 11 is 9.51. The van der Waals surface area contributed by atoms with E-state index in [9.17, 15) is 4.79 Å². The van der Waals surface area contributed by atoms with E-state index in [1.807, 2.05) is 38.1 Å². The smallest absolute Gasteiger partial charge is 0.313 e. The molecule has 0 bridgehead atoms. The fraction of sp³-hybridized carbons (Fsp3) is 0.235.